The third-order valence-corrected chi connectivity index (χ3v) is 7.89. The number of benzene rings is 1. The Balaban J connectivity index is 1.70. The van der Waals surface area contributed by atoms with Crippen molar-refractivity contribution in [2.45, 2.75) is 67.9 Å². The van der Waals surface area contributed by atoms with Crippen molar-refractivity contribution in [3.63, 3.8) is 0 Å². The molecule has 5 rings (SSSR count). The van der Waals surface area contributed by atoms with Gasteiger partial charge in [0.2, 0.25) is 0 Å². The summed E-state index contributed by atoms with van der Waals surface area (Å²) in [5.74, 6) is -0.136. The summed E-state index contributed by atoms with van der Waals surface area (Å²) in [5, 5.41) is 23.3. The highest BCUT2D eigenvalue weighted by molar-refractivity contribution is 5.73. The summed E-state index contributed by atoms with van der Waals surface area (Å²) in [5.41, 5.74) is 1.53. The molecule has 2 unspecified atom stereocenters. The number of phenols is 1. The van der Waals surface area contributed by atoms with Gasteiger partial charge in [-0.3, -0.25) is 10.1 Å². The SMILES string of the molecule is CO[C@@]12CC[C@@H](NC(C)C(=O)O)[C@@H]3Oc4c(O)ccc5c4[C@@]31CCN(C)C2C5. The summed E-state index contributed by atoms with van der Waals surface area (Å²) in [7, 11) is 3.96. The molecule has 1 saturated heterocycles. The van der Waals surface area contributed by atoms with E-state index >= 15 is 0 Å². The summed E-state index contributed by atoms with van der Waals surface area (Å²) >= 11 is 0. The van der Waals surface area contributed by atoms with Crippen molar-refractivity contribution < 1.29 is 24.5 Å². The number of nitrogens with one attached hydrogen (secondary N) is 1. The lowest BCUT2D eigenvalue weighted by Crippen LogP contribution is -2.78. The van der Waals surface area contributed by atoms with E-state index in [0.29, 0.717) is 5.75 Å². The number of likely N-dealkylation sites (tertiary alicyclic amines) is 1. The van der Waals surface area contributed by atoms with Gasteiger partial charge in [0.25, 0.3) is 0 Å². The quantitative estimate of drug-likeness (QED) is 0.715. The maximum atomic E-state index is 11.5. The molecule has 28 heavy (non-hydrogen) atoms. The number of hydrogen-bond donors (Lipinski definition) is 3. The molecule has 1 saturated carbocycles. The smallest absolute Gasteiger partial charge is 0.320 e. The molecule has 2 fully saturated rings. The third-order valence-electron chi connectivity index (χ3n) is 7.89. The molecule has 2 aliphatic heterocycles. The Morgan fingerprint density at radius 3 is 2.93 bits per heavy atom. The number of methoxy groups -OCH3 is 1. The number of piperidine rings is 1. The fourth-order valence-corrected chi connectivity index (χ4v) is 6.70. The van der Waals surface area contributed by atoms with Gasteiger partial charge in [-0.05, 0) is 57.8 Å². The van der Waals surface area contributed by atoms with Gasteiger partial charge in [0.05, 0.1) is 11.0 Å². The number of nitrogens with zero attached hydrogens (tertiary/aromatic N) is 1. The van der Waals surface area contributed by atoms with Crippen LogP contribution in [-0.2, 0) is 21.4 Å². The average molecular weight is 388 g/mol. The van der Waals surface area contributed by atoms with Gasteiger partial charge in [-0.1, -0.05) is 6.07 Å². The monoisotopic (exact) mass is 388 g/mol. The highest BCUT2D eigenvalue weighted by Crippen LogP contribution is 2.66. The first-order chi connectivity index (χ1) is 13.4. The molecule has 2 aliphatic carbocycles. The number of carboxylic acids is 1. The second-order valence-electron chi connectivity index (χ2n) is 8.87. The van der Waals surface area contributed by atoms with Crippen molar-refractivity contribution in [2.24, 2.45) is 0 Å². The van der Waals surface area contributed by atoms with Crippen molar-refractivity contribution in [1.29, 1.82) is 0 Å². The molecule has 4 aliphatic rings. The normalized spacial score (nSPS) is 39.2. The Morgan fingerprint density at radius 1 is 1.43 bits per heavy atom. The Bertz CT molecular complexity index is 844. The molecule has 1 aromatic carbocycles. The van der Waals surface area contributed by atoms with E-state index in [1.165, 1.54) is 5.56 Å². The van der Waals surface area contributed by atoms with Crippen LogP contribution < -0.4 is 10.1 Å². The zero-order valence-electron chi connectivity index (χ0n) is 16.6. The van der Waals surface area contributed by atoms with E-state index < -0.39 is 17.6 Å². The van der Waals surface area contributed by atoms with Crippen molar-refractivity contribution in [3.8, 4) is 11.5 Å². The van der Waals surface area contributed by atoms with Crippen LogP contribution in [0, 0.1) is 0 Å². The summed E-state index contributed by atoms with van der Waals surface area (Å²) in [6, 6.07) is 3.20. The van der Waals surface area contributed by atoms with Gasteiger partial charge >= 0.3 is 5.97 Å². The maximum absolute atomic E-state index is 11.5. The highest BCUT2D eigenvalue weighted by atomic mass is 16.5. The van der Waals surface area contributed by atoms with E-state index in [1.807, 2.05) is 6.07 Å². The van der Waals surface area contributed by atoms with E-state index in [4.69, 9.17) is 9.47 Å². The van der Waals surface area contributed by atoms with Crippen molar-refractivity contribution in [1.82, 2.24) is 10.2 Å². The zero-order chi connectivity index (χ0) is 19.8. The molecule has 152 valence electrons. The van der Waals surface area contributed by atoms with Gasteiger partial charge in [0, 0.05) is 24.8 Å². The van der Waals surface area contributed by atoms with Gasteiger partial charge in [-0.2, -0.15) is 0 Å². The van der Waals surface area contributed by atoms with Crippen molar-refractivity contribution >= 4 is 5.97 Å². The highest BCUT2D eigenvalue weighted by Gasteiger charge is 2.73. The minimum Gasteiger partial charge on any atom is -0.504 e. The number of phenolic OH excluding ortho intramolecular Hbond substituents is 1. The number of aliphatic carboxylic acids is 1. The predicted octanol–water partition coefficient (Wildman–Crippen LogP) is 1.26. The number of rotatable bonds is 4. The van der Waals surface area contributed by atoms with Crippen LogP contribution in [0.2, 0.25) is 0 Å². The average Bonchev–Trinajstić information content (AvgIpc) is 3.03. The fraction of sp³-hybridized carbons (Fsp3) is 0.667. The second kappa shape index (κ2) is 5.84. The molecular weight excluding hydrogens is 360 g/mol. The summed E-state index contributed by atoms with van der Waals surface area (Å²) in [6.45, 7) is 2.59. The summed E-state index contributed by atoms with van der Waals surface area (Å²) < 4.78 is 12.8. The Hall–Kier alpha value is -1.83. The van der Waals surface area contributed by atoms with Gasteiger partial charge in [0.1, 0.15) is 12.1 Å². The van der Waals surface area contributed by atoms with E-state index in [1.54, 1.807) is 20.1 Å². The van der Waals surface area contributed by atoms with Crippen LogP contribution in [0.15, 0.2) is 12.1 Å². The van der Waals surface area contributed by atoms with E-state index in [2.05, 4.69) is 17.3 Å². The van der Waals surface area contributed by atoms with Crippen LogP contribution in [0.4, 0.5) is 0 Å². The van der Waals surface area contributed by atoms with Crippen molar-refractivity contribution in [2.75, 3.05) is 20.7 Å². The Kier molecular flexibility index (Phi) is 3.80. The van der Waals surface area contributed by atoms with Gasteiger partial charge in [-0.25, -0.2) is 0 Å². The molecule has 0 aromatic heterocycles. The minimum absolute atomic E-state index is 0.115. The summed E-state index contributed by atoms with van der Waals surface area (Å²) in [4.78, 5) is 13.9. The van der Waals surface area contributed by atoms with Crippen LogP contribution in [0.3, 0.4) is 0 Å². The van der Waals surface area contributed by atoms with E-state index in [0.717, 1.165) is 37.8 Å². The van der Waals surface area contributed by atoms with Gasteiger partial charge in [0.15, 0.2) is 11.5 Å². The molecule has 6 atom stereocenters. The van der Waals surface area contributed by atoms with E-state index in [-0.39, 0.29) is 29.4 Å². The third kappa shape index (κ3) is 1.97. The second-order valence-corrected chi connectivity index (χ2v) is 8.87. The molecule has 7 heteroatoms. The van der Waals surface area contributed by atoms with Crippen LogP contribution >= 0.6 is 0 Å². The lowest BCUT2D eigenvalue weighted by atomic mass is 9.48. The van der Waals surface area contributed by atoms with Crippen LogP contribution in [0.1, 0.15) is 37.3 Å². The first-order valence-electron chi connectivity index (χ1n) is 10.1. The zero-order valence-corrected chi connectivity index (χ0v) is 16.6. The number of aromatic hydroxyl groups is 1. The molecule has 0 radical (unpaired) electrons. The van der Waals surface area contributed by atoms with Gasteiger partial charge < -0.3 is 24.6 Å². The Morgan fingerprint density at radius 2 is 2.21 bits per heavy atom. The van der Waals surface area contributed by atoms with Crippen LogP contribution in [0.25, 0.3) is 0 Å². The summed E-state index contributed by atoms with van der Waals surface area (Å²) in [6.07, 6.45) is 3.07. The molecule has 1 aromatic rings. The number of carboxylic acid groups (broad SMARTS) is 1. The first kappa shape index (κ1) is 18.2. The largest absolute Gasteiger partial charge is 0.504 e. The fourth-order valence-electron chi connectivity index (χ4n) is 6.70. The lowest BCUT2D eigenvalue weighted by molar-refractivity contribution is -0.204. The van der Waals surface area contributed by atoms with Crippen LogP contribution in [-0.4, -0.2) is 71.6 Å². The van der Waals surface area contributed by atoms with Gasteiger partial charge in [-0.15, -0.1) is 0 Å². The maximum Gasteiger partial charge on any atom is 0.320 e. The number of ether oxygens (including phenoxy) is 2. The van der Waals surface area contributed by atoms with E-state index in [9.17, 15) is 15.0 Å². The predicted molar refractivity (Wildman–Crippen MR) is 102 cm³/mol. The molecule has 2 heterocycles. The number of carbonyl (C=O) groups is 1. The topological polar surface area (TPSA) is 91.3 Å². The Labute approximate surface area is 164 Å². The lowest BCUT2D eigenvalue weighted by Gasteiger charge is -2.65. The standard InChI is InChI=1S/C21H28N2O5/c1-11(19(25)26)22-13-6-7-21(27-3)15-10-12-4-5-14(24)17-16(12)20(21,18(13)28-17)8-9-23(15)2/h4-5,11,13,15,18,22,24H,6-10H2,1-3H3,(H,25,26)/t11?,13-,15?,18+,20+,21-/m1/s1. The molecule has 2 bridgehead atoms. The molecule has 1 spiro atoms. The number of hydrogen-bond acceptors (Lipinski definition) is 6. The van der Waals surface area contributed by atoms with Crippen molar-refractivity contribution in [3.05, 3.63) is 23.3 Å². The molecule has 0 amide bonds. The molecule has 7 nitrogen and oxygen atoms in total. The molecular formula is C21H28N2O5. The minimum atomic E-state index is -0.870. The number of likely N-dealkylation sites (N-methyl/N-ethyl adjacent to an activating group) is 1. The first-order valence-corrected chi connectivity index (χ1v) is 10.1. The van der Waals surface area contributed by atoms with Crippen LogP contribution in [0.5, 0.6) is 11.5 Å². The molecule has 3 N–H and O–H groups in total.